The van der Waals surface area contributed by atoms with E-state index < -0.39 is 30.3 Å². The normalized spacial score (nSPS) is 22.3. The van der Waals surface area contributed by atoms with Crippen LogP contribution >= 0.6 is 0 Å². The van der Waals surface area contributed by atoms with E-state index in [0.717, 1.165) is 27.7 Å². The van der Waals surface area contributed by atoms with Gasteiger partial charge in [0.15, 0.2) is 0 Å². The van der Waals surface area contributed by atoms with E-state index in [1.54, 1.807) is 0 Å². The zero-order valence-corrected chi connectivity index (χ0v) is 20.4. The summed E-state index contributed by atoms with van der Waals surface area (Å²) < 4.78 is 7.20. The Morgan fingerprint density at radius 3 is 2.58 bits per heavy atom. The third kappa shape index (κ3) is 5.12. The number of aliphatic hydroxyl groups excluding tert-OH is 3. The molecule has 2 aromatic carbocycles. The summed E-state index contributed by atoms with van der Waals surface area (Å²) in [6.07, 6.45) is -3.30. The van der Waals surface area contributed by atoms with Crippen LogP contribution in [0.4, 0.5) is 5.69 Å². The van der Waals surface area contributed by atoms with Gasteiger partial charge >= 0.3 is 0 Å². The fourth-order valence-electron chi connectivity index (χ4n) is 4.26. The molecule has 1 aliphatic rings. The molecule has 1 aliphatic heterocycles. The first kappa shape index (κ1) is 25.4. The third-order valence-corrected chi connectivity index (χ3v) is 6.52. The Hall–Kier alpha value is -3.68. The standard InChI is InChI=1S/C27H30N4O5/c1-30(2)20-7-6-16-10-18(5-4-17(16)11-20)22-9-8-21(31(22)3)12-19(13-28)27(35)29-14-24-26(34)25(33)23(32)15-36-24/h4-12,23-26,32-34H,14-15H2,1-3H3,(H,29,35)/b19-12+/t23-,24+,25+,26+/m0/s1. The van der Waals surface area contributed by atoms with Crippen LogP contribution in [0.5, 0.6) is 0 Å². The fourth-order valence-corrected chi connectivity index (χ4v) is 4.26. The van der Waals surface area contributed by atoms with Crippen LogP contribution in [0.25, 0.3) is 28.1 Å². The van der Waals surface area contributed by atoms with Crippen LogP contribution in [0.15, 0.2) is 54.1 Å². The molecule has 9 nitrogen and oxygen atoms in total. The Morgan fingerprint density at radius 1 is 1.14 bits per heavy atom. The summed E-state index contributed by atoms with van der Waals surface area (Å²) in [7, 11) is 5.88. The molecule has 0 radical (unpaired) electrons. The number of carbonyl (C=O) groups is 1. The van der Waals surface area contributed by atoms with Crippen molar-refractivity contribution in [3.63, 3.8) is 0 Å². The van der Waals surface area contributed by atoms with Crippen molar-refractivity contribution in [2.75, 3.05) is 32.1 Å². The maximum absolute atomic E-state index is 12.6. The monoisotopic (exact) mass is 490 g/mol. The number of rotatable bonds is 6. The number of hydrogen-bond donors (Lipinski definition) is 4. The fraction of sp³-hybridized carbons (Fsp3) is 0.333. The minimum Gasteiger partial charge on any atom is -0.388 e. The maximum Gasteiger partial charge on any atom is 0.262 e. The van der Waals surface area contributed by atoms with Crippen LogP contribution < -0.4 is 10.2 Å². The lowest BCUT2D eigenvalue weighted by Gasteiger charge is -2.35. The molecule has 0 saturated carbocycles. The average molecular weight is 491 g/mol. The van der Waals surface area contributed by atoms with E-state index in [2.05, 4.69) is 40.5 Å². The highest BCUT2D eigenvalue weighted by Crippen LogP contribution is 2.28. The molecule has 1 saturated heterocycles. The van der Waals surface area contributed by atoms with Crippen LogP contribution in [0.3, 0.4) is 0 Å². The van der Waals surface area contributed by atoms with E-state index in [1.165, 1.54) is 6.08 Å². The number of nitrogens with zero attached hydrogens (tertiary/aromatic N) is 3. The van der Waals surface area contributed by atoms with Gasteiger partial charge in [0, 0.05) is 44.8 Å². The number of nitrogens with one attached hydrogen (secondary N) is 1. The lowest BCUT2D eigenvalue weighted by atomic mass is 10.00. The van der Waals surface area contributed by atoms with Gasteiger partial charge in [0.05, 0.1) is 6.61 Å². The third-order valence-electron chi connectivity index (χ3n) is 6.52. The molecule has 4 atom stereocenters. The Labute approximate surface area is 209 Å². The summed E-state index contributed by atoms with van der Waals surface area (Å²) in [5.41, 5.74) is 3.64. The lowest BCUT2D eigenvalue weighted by Crippen LogP contribution is -2.56. The van der Waals surface area contributed by atoms with Crippen molar-refractivity contribution in [2.45, 2.75) is 24.4 Å². The first-order valence-electron chi connectivity index (χ1n) is 11.6. The molecule has 1 aromatic heterocycles. The number of carbonyl (C=O) groups excluding carboxylic acids is 1. The predicted molar refractivity (Wildman–Crippen MR) is 137 cm³/mol. The largest absolute Gasteiger partial charge is 0.388 e. The number of benzene rings is 2. The van der Waals surface area contributed by atoms with Crippen LogP contribution in [-0.4, -0.2) is 77.5 Å². The highest BCUT2D eigenvalue weighted by atomic mass is 16.5. The number of aliphatic hydroxyl groups is 3. The van der Waals surface area contributed by atoms with Gasteiger partial charge in [-0.15, -0.1) is 0 Å². The van der Waals surface area contributed by atoms with Gasteiger partial charge in [-0.25, -0.2) is 0 Å². The smallest absolute Gasteiger partial charge is 0.262 e. The van der Waals surface area contributed by atoms with Crippen molar-refractivity contribution in [1.29, 1.82) is 5.26 Å². The van der Waals surface area contributed by atoms with Crippen molar-refractivity contribution < 1.29 is 24.9 Å². The van der Waals surface area contributed by atoms with E-state index in [-0.39, 0.29) is 18.7 Å². The Bertz CT molecular complexity index is 1340. The summed E-state index contributed by atoms with van der Waals surface area (Å²) in [5, 5.41) is 43.7. The Balaban J connectivity index is 1.50. The highest BCUT2D eigenvalue weighted by Gasteiger charge is 2.37. The molecule has 2 heterocycles. The number of aromatic nitrogens is 1. The minimum atomic E-state index is -1.36. The van der Waals surface area contributed by atoms with Crippen molar-refractivity contribution in [1.82, 2.24) is 9.88 Å². The van der Waals surface area contributed by atoms with E-state index >= 15 is 0 Å². The topological polar surface area (TPSA) is 131 Å². The number of hydrogen-bond acceptors (Lipinski definition) is 7. The predicted octanol–water partition coefficient (Wildman–Crippen LogP) is 1.42. The van der Waals surface area contributed by atoms with Gasteiger partial charge in [-0.05, 0) is 52.7 Å². The molecule has 9 heteroatoms. The van der Waals surface area contributed by atoms with E-state index in [1.807, 2.05) is 50.0 Å². The maximum atomic E-state index is 12.6. The minimum absolute atomic E-state index is 0.108. The van der Waals surface area contributed by atoms with Crippen molar-refractivity contribution >= 4 is 28.4 Å². The van der Waals surface area contributed by atoms with Gasteiger partial charge in [-0.3, -0.25) is 4.79 Å². The lowest BCUT2D eigenvalue weighted by molar-refractivity contribution is -0.185. The molecule has 1 amide bonds. The number of amides is 1. The number of fused-ring (bicyclic) bond motifs is 1. The summed E-state index contributed by atoms with van der Waals surface area (Å²) in [4.78, 5) is 14.7. The molecule has 4 rings (SSSR count). The molecule has 0 aliphatic carbocycles. The molecule has 4 N–H and O–H groups in total. The molecule has 188 valence electrons. The van der Waals surface area contributed by atoms with Crippen LogP contribution in [0.2, 0.25) is 0 Å². The SMILES string of the molecule is CN(C)c1ccc2cc(-c3ccc(/C=C(\C#N)C(=O)NC[C@H]4OC[C@H](O)[C@@H](O)[C@@H]4O)n3C)ccc2c1. The van der Waals surface area contributed by atoms with E-state index in [9.17, 15) is 25.4 Å². The van der Waals surface area contributed by atoms with Gasteiger partial charge in [0.1, 0.15) is 36.1 Å². The van der Waals surface area contributed by atoms with Gasteiger partial charge in [-0.1, -0.05) is 18.2 Å². The Morgan fingerprint density at radius 2 is 1.86 bits per heavy atom. The van der Waals surface area contributed by atoms with Crippen molar-refractivity contribution in [2.24, 2.45) is 7.05 Å². The highest BCUT2D eigenvalue weighted by molar-refractivity contribution is 6.01. The van der Waals surface area contributed by atoms with Gasteiger partial charge in [0.2, 0.25) is 0 Å². The first-order valence-corrected chi connectivity index (χ1v) is 11.6. The zero-order valence-electron chi connectivity index (χ0n) is 20.4. The average Bonchev–Trinajstić information content (AvgIpc) is 3.24. The van der Waals surface area contributed by atoms with Gasteiger partial charge in [-0.2, -0.15) is 5.26 Å². The van der Waals surface area contributed by atoms with Crippen LogP contribution in [0.1, 0.15) is 5.69 Å². The number of nitriles is 1. The molecule has 0 spiro atoms. The molecular formula is C27H30N4O5. The quantitative estimate of drug-likeness (QED) is 0.304. The molecule has 3 aromatic rings. The second-order valence-corrected chi connectivity index (χ2v) is 9.14. The van der Waals surface area contributed by atoms with Gasteiger partial charge < -0.3 is 34.8 Å². The second kappa shape index (κ2) is 10.5. The number of ether oxygens (including phenoxy) is 1. The summed E-state index contributed by atoms with van der Waals surface area (Å²) >= 11 is 0. The van der Waals surface area contributed by atoms with E-state index in [0.29, 0.717) is 5.69 Å². The first-order chi connectivity index (χ1) is 17.2. The summed E-state index contributed by atoms with van der Waals surface area (Å²) in [6, 6.07) is 18.2. The van der Waals surface area contributed by atoms with E-state index in [4.69, 9.17) is 4.74 Å². The molecular weight excluding hydrogens is 460 g/mol. The second-order valence-electron chi connectivity index (χ2n) is 9.14. The molecule has 0 bridgehead atoms. The van der Waals surface area contributed by atoms with Crippen LogP contribution in [-0.2, 0) is 16.6 Å². The summed E-state index contributed by atoms with van der Waals surface area (Å²) in [5.74, 6) is -0.626. The number of anilines is 1. The van der Waals surface area contributed by atoms with Crippen molar-refractivity contribution in [3.8, 4) is 17.3 Å². The Kier molecular flexibility index (Phi) is 7.43. The zero-order chi connectivity index (χ0) is 26.0. The van der Waals surface area contributed by atoms with Crippen molar-refractivity contribution in [3.05, 3.63) is 59.8 Å². The van der Waals surface area contributed by atoms with Gasteiger partial charge in [0.25, 0.3) is 5.91 Å². The summed E-state index contributed by atoms with van der Waals surface area (Å²) in [6.45, 7) is -0.273. The van der Waals surface area contributed by atoms with Crippen LogP contribution in [0, 0.1) is 11.3 Å². The molecule has 36 heavy (non-hydrogen) atoms. The molecule has 1 fully saturated rings. The molecule has 0 unspecified atom stereocenters.